The van der Waals surface area contributed by atoms with Crippen LogP contribution in [0, 0.1) is 0 Å². The van der Waals surface area contributed by atoms with Gasteiger partial charge in [0.05, 0.1) is 24.7 Å². The third-order valence-corrected chi connectivity index (χ3v) is 6.34. The van der Waals surface area contributed by atoms with Gasteiger partial charge in [-0.2, -0.15) is 18.3 Å². The Bertz CT molecular complexity index is 1170. The number of alkyl halides is 4. The van der Waals surface area contributed by atoms with Gasteiger partial charge in [0.1, 0.15) is 18.3 Å². The van der Waals surface area contributed by atoms with Crippen LogP contribution in [0.1, 0.15) is 28.4 Å². The maximum Gasteiger partial charge on any atom is 0.416 e. The lowest BCUT2D eigenvalue weighted by Gasteiger charge is -2.49. The molecule has 2 aromatic carbocycles. The molecule has 180 valence electrons. The van der Waals surface area contributed by atoms with Gasteiger partial charge in [-0.15, -0.1) is 0 Å². The van der Waals surface area contributed by atoms with E-state index in [-0.39, 0.29) is 17.1 Å². The van der Waals surface area contributed by atoms with Crippen molar-refractivity contribution in [1.82, 2.24) is 19.7 Å². The summed E-state index contributed by atoms with van der Waals surface area (Å²) in [6.07, 6.45) is -3.76. The topological polar surface area (TPSA) is 60.2 Å². The van der Waals surface area contributed by atoms with Crippen LogP contribution in [-0.2, 0) is 23.1 Å². The van der Waals surface area contributed by atoms with Crippen LogP contribution in [0.2, 0.25) is 10.0 Å². The Morgan fingerprint density at radius 2 is 1.91 bits per heavy atom. The molecule has 0 spiro atoms. The lowest BCUT2D eigenvalue weighted by molar-refractivity contribution is -0.227. The van der Waals surface area contributed by atoms with Crippen LogP contribution >= 0.6 is 23.2 Å². The fourth-order valence-electron chi connectivity index (χ4n) is 4.09. The number of hydrogen-bond acceptors (Lipinski definition) is 4. The second-order valence-corrected chi connectivity index (χ2v) is 8.69. The molecule has 3 aromatic rings. The molecule has 1 aromatic heterocycles. The third kappa shape index (κ3) is 4.62. The smallest absolute Gasteiger partial charge is 0.331 e. The molecule has 6 nitrogen and oxygen atoms in total. The summed E-state index contributed by atoms with van der Waals surface area (Å²) in [4.78, 5) is 18.4. The second kappa shape index (κ2) is 9.16. The average molecular weight is 517 g/mol. The first kappa shape index (κ1) is 24.4. The number of rotatable bonds is 4. The van der Waals surface area contributed by atoms with Crippen molar-refractivity contribution in [2.75, 3.05) is 6.54 Å². The fourth-order valence-corrected chi connectivity index (χ4v) is 4.65. The molecule has 3 atom stereocenters. The van der Waals surface area contributed by atoms with Gasteiger partial charge in [0.15, 0.2) is 0 Å². The van der Waals surface area contributed by atoms with Crippen LogP contribution in [0.25, 0.3) is 0 Å². The lowest BCUT2D eigenvalue weighted by Crippen LogP contribution is -2.62. The van der Waals surface area contributed by atoms with Crippen LogP contribution in [0.4, 0.5) is 17.6 Å². The molecule has 0 radical (unpaired) electrons. The Balaban J connectivity index is 1.76. The molecule has 2 heterocycles. The van der Waals surface area contributed by atoms with Gasteiger partial charge in [-0.3, -0.25) is 4.79 Å². The standard InChI is InChI=1S/C22H18Cl2F4N4O2/c1-13-21(10-31-12-29-11-30-31,17-7-6-16(23)8-18(17)24)34-19(25)9-32(13)20(33)14-2-4-15(5-3-14)22(26,27)28/h2-8,11-13,19H,9-10H2,1H3/t13-,19+,21-/m1/s1. The van der Waals surface area contributed by atoms with Crippen molar-refractivity contribution in [2.24, 2.45) is 0 Å². The number of halogens is 6. The molecule has 4 rings (SSSR count). The predicted octanol–water partition coefficient (Wildman–Crippen LogP) is 5.36. The monoisotopic (exact) mass is 516 g/mol. The number of carbonyl (C=O) groups excluding carboxylic acids is 1. The van der Waals surface area contributed by atoms with Gasteiger partial charge in [-0.25, -0.2) is 14.1 Å². The highest BCUT2D eigenvalue weighted by molar-refractivity contribution is 6.35. The highest BCUT2D eigenvalue weighted by Crippen LogP contribution is 2.43. The molecular weight excluding hydrogens is 499 g/mol. The Morgan fingerprint density at radius 3 is 2.50 bits per heavy atom. The summed E-state index contributed by atoms with van der Waals surface area (Å²) in [6, 6.07) is 7.56. The fraction of sp³-hybridized carbons (Fsp3) is 0.318. The molecule has 1 saturated heterocycles. The lowest BCUT2D eigenvalue weighted by atomic mass is 9.84. The largest absolute Gasteiger partial charge is 0.416 e. The maximum atomic E-state index is 15.0. The molecule has 1 amide bonds. The van der Waals surface area contributed by atoms with E-state index < -0.39 is 42.2 Å². The summed E-state index contributed by atoms with van der Waals surface area (Å²) in [5, 5.41) is 4.61. The van der Waals surface area contributed by atoms with Crippen LogP contribution in [0.5, 0.6) is 0 Å². The van der Waals surface area contributed by atoms with Crippen LogP contribution in [-0.4, -0.2) is 44.5 Å². The summed E-state index contributed by atoms with van der Waals surface area (Å²) >= 11 is 12.5. The molecule has 1 fully saturated rings. The van der Waals surface area contributed by atoms with Crippen LogP contribution < -0.4 is 0 Å². The second-order valence-electron chi connectivity index (χ2n) is 7.84. The molecular formula is C22H18Cl2F4N4O2. The minimum Gasteiger partial charge on any atom is -0.331 e. The molecule has 12 heteroatoms. The Labute approximate surface area is 202 Å². The average Bonchev–Trinajstić information content (AvgIpc) is 3.28. The SMILES string of the molecule is C[C@H]1N(C(=O)c2ccc(C(F)(F)F)cc2)C[C@@H](F)O[C@@]1(Cn1cncn1)c1ccc(Cl)cc1Cl. The van der Waals surface area contributed by atoms with Gasteiger partial charge in [-0.05, 0) is 43.3 Å². The molecule has 1 aliphatic heterocycles. The van der Waals surface area contributed by atoms with Gasteiger partial charge in [0, 0.05) is 21.2 Å². The third-order valence-electron chi connectivity index (χ3n) is 5.79. The van der Waals surface area contributed by atoms with Crippen LogP contribution in [0.15, 0.2) is 55.1 Å². The van der Waals surface area contributed by atoms with E-state index in [1.54, 1.807) is 19.1 Å². The van der Waals surface area contributed by atoms with E-state index in [4.69, 9.17) is 27.9 Å². The predicted molar refractivity (Wildman–Crippen MR) is 116 cm³/mol. The van der Waals surface area contributed by atoms with Gasteiger partial charge in [0.25, 0.3) is 5.91 Å². The Morgan fingerprint density at radius 1 is 1.21 bits per heavy atom. The van der Waals surface area contributed by atoms with E-state index in [0.29, 0.717) is 10.6 Å². The normalized spacial score (nSPS) is 23.2. The van der Waals surface area contributed by atoms with E-state index in [0.717, 1.165) is 24.3 Å². The van der Waals surface area contributed by atoms with E-state index in [9.17, 15) is 18.0 Å². The number of hydrogen-bond donors (Lipinski definition) is 0. The molecule has 34 heavy (non-hydrogen) atoms. The molecule has 0 aliphatic carbocycles. The molecule has 1 aliphatic rings. The first-order valence-electron chi connectivity index (χ1n) is 10.1. The Kier molecular flexibility index (Phi) is 6.58. The van der Waals surface area contributed by atoms with Crippen molar-refractivity contribution in [3.63, 3.8) is 0 Å². The minimum absolute atomic E-state index is 0.0224. The summed E-state index contributed by atoms with van der Waals surface area (Å²) < 4.78 is 61.1. The number of nitrogens with zero attached hydrogens (tertiary/aromatic N) is 4. The van der Waals surface area contributed by atoms with Gasteiger partial charge < -0.3 is 9.64 Å². The van der Waals surface area contributed by atoms with Crippen molar-refractivity contribution in [3.8, 4) is 0 Å². The van der Waals surface area contributed by atoms with Gasteiger partial charge in [0.2, 0.25) is 6.36 Å². The van der Waals surface area contributed by atoms with Crippen molar-refractivity contribution in [3.05, 3.63) is 81.9 Å². The van der Waals surface area contributed by atoms with Gasteiger partial charge >= 0.3 is 6.18 Å². The van der Waals surface area contributed by atoms with Gasteiger partial charge in [-0.1, -0.05) is 29.3 Å². The van der Waals surface area contributed by atoms with Crippen LogP contribution in [0.3, 0.4) is 0 Å². The molecule has 0 bridgehead atoms. The molecule has 0 saturated carbocycles. The van der Waals surface area contributed by atoms with E-state index in [1.807, 2.05) is 0 Å². The number of morpholine rings is 1. The number of benzene rings is 2. The molecule has 0 N–H and O–H groups in total. The number of ether oxygens (including phenoxy) is 1. The Hall–Kier alpha value is -2.69. The van der Waals surface area contributed by atoms with E-state index >= 15 is 4.39 Å². The number of amides is 1. The zero-order valence-corrected chi connectivity index (χ0v) is 19.2. The van der Waals surface area contributed by atoms with Crippen molar-refractivity contribution >= 4 is 29.1 Å². The summed E-state index contributed by atoms with van der Waals surface area (Å²) in [7, 11) is 0. The first-order valence-corrected chi connectivity index (χ1v) is 10.8. The minimum atomic E-state index is -4.55. The van der Waals surface area contributed by atoms with Crippen molar-refractivity contribution < 1.29 is 27.1 Å². The quantitative estimate of drug-likeness (QED) is 0.438. The zero-order valence-electron chi connectivity index (χ0n) is 17.6. The highest BCUT2D eigenvalue weighted by atomic mass is 35.5. The summed E-state index contributed by atoms with van der Waals surface area (Å²) in [6.45, 7) is 1.17. The van der Waals surface area contributed by atoms with E-state index in [2.05, 4.69) is 10.1 Å². The number of aromatic nitrogens is 3. The number of carbonyl (C=O) groups is 1. The summed E-state index contributed by atoms with van der Waals surface area (Å²) in [5.74, 6) is -0.653. The zero-order chi connectivity index (χ0) is 24.7. The highest BCUT2D eigenvalue weighted by Gasteiger charge is 2.51. The maximum absolute atomic E-state index is 15.0. The first-order chi connectivity index (χ1) is 16.0. The molecule has 0 unspecified atom stereocenters. The van der Waals surface area contributed by atoms with E-state index in [1.165, 1.54) is 28.3 Å². The summed E-state index contributed by atoms with van der Waals surface area (Å²) in [5.41, 5.74) is -2.05. The van der Waals surface area contributed by atoms with Crippen molar-refractivity contribution in [2.45, 2.75) is 37.6 Å². The van der Waals surface area contributed by atoms with Crippen molar-refractivity contribution in [1.29, 1.82) is 0 Å².